The summed E-state index contributed by atoms with van der Waals surface area (Å²) >= 11 is 0. The number of amides is 1. The Labute approximate surface area is 138 Å². The van der Waals surface area contributed by atoms with E-state index >= 15 is 0 Å². The van der Waals surface area contributed by atoms with Crippen molar-refractivity contribution in [2.24, 2.45) is 5.92 Å². The van der Waals surface area contributed by atoms with Crippen LogP contribution in [-0.4, -0.2) is 45.0 Å². The number of rotatable bonds is 3. The SMILES string of the molecule is O=C(NC1CC1)C1CCN(c2ncnc3cnc4[nH]ccc4c23)C1. The molecule has 3 aromatic heterocycles. The van der Waals surface area contributed by atoms with Gasteiger partial charge in [0.1, 0.15) is 17.8 Å². The zero-order valence-corrected chi connectivity index (χ0v) is 13.2. The van der Waals surface area contributed by atoms with Crippen LogP contribution in [0.4, 0.5) is 5.82 Å². The van der Waals surface area contributed by atoms with Crippen LogP contribution in [0.25, 0.3) is 21.9 Å². The largest absolute Gasteiger partial charge is 0.355 e. The Morgan fingerprint density at radius 3 is 3.04 bits per heavy atom. The maximum atomic E-state index is 12.3. The van der Waals surface area contributed by atoms with Crippen LogP contribution < -0.4 is 10.2 Å². The molecule has 4 heterocycles. The molecule has 24 heavy (non-hydrogen) atoms. The molecule has 2 aliphatic rings. The van der Waals surface area contributed by atoms with Crippen LogP contribution >= 0.6 is 0 Å². The fraction of sp³-hybridized carbons (Fsp3) is 0.412. The van der Waals surface area contributed by atoms with E-state index < -0.39 is 0 Å². The Bertz CT molecular complexity index is 931. The molecule has 1 saturated carbocycles. The monoisotopic (exact) mass is 322 g/mol. The molecule has 0 spiro atoms. The highest BCUT2D eigenvalue weighted by Gasteiger charge is 2.33. The van der Waals surface area contributed by atoms with Crippen LogP contribution in [0, 0.1) is 5.92 Å². The van der Waals surface area contributed by atoms with Gasteiger partial charge >= 0.3 is 0 Å². The lowest BCUT2D eigenvalue weighted by atomic mass is 10.1. The topological polar surface area (TPSA) is 86.8 Å². The van der Waals surface area contributed by atoms with E-state index in [0.717, 1.165) is 53.6 Å². The van der Waals surface area contributed by atoms with E-state index in [4.69, 9.17) is 0 Å². The molecule has 7 heteroatoms. The second-order valence-corrected chi connectivity index (χ2v) is 6.67. The lowest BCUT2D eigenvalue weighted by Gasteiger charge is -2.19. The zero-order valence-electron chi connectivity index (χ0n) is 13.2. The van der Waals surface area contributed by atoms with Gasteiger partial charge in [-0.2, -0.15) is 0 Å². The van der Waals surface area contributed by atoms with Gasteiger partial charge in [-0.1, -0.05) is 0 Å². The predicted molar refractivity (Wildman–Crippen MR) is 90.7 cm³/mol. The first kappa shape index (κ1) is 13.7. The summed E-state index contributed by atoms with van der Waals surface area (Å²) in [4.78, 5) is 30.9. The van der Waals surface area contributed by atoms with E-state index in [1.54, 1.807) is 12.5 Å². The molecular weight excluding hydrogens is 304 g/mol. The number of nitrogens with one attached hydrogen (secondary N) is 2. The average Bonchev–Trinajstić information content (AvgIpc) is 3.12. The van der Waals surface area contributed by atoms with Gasteiger partial charge in [0, 0.05) is 30.7 Å². The van der Waals surface area contributed by atoms with Crippen molar-refractivity contribution >= 4 is 33.7 Å². The zero-order chi connectivity index (χ0) is 16.1. The van der Waals surface area contributed by atoms with E-state index in [-0.39, 0.29) is 11.8 Å². The molecule has 0 bridgehead atoms. The number of carbonyl (C=O) groups is 1. The fourth-order valence-electron chi connectivity index (χ4n) is 3.49. The number of carbonyl (C=O) groups excluding carboxylic acids is 1. The van der Waals surface area contributed by atoms with Gasteiger partial charge in [-0.25, -0.2) is 15.0 Å². The van der Waals surface area contributed by atoms with E-state index in [9.17, 15) is 4.79 Å². The molecule has 1 unspecified atom stereocenters. The third kappa shape index (κ3) is 2.19. The molecule has 5 rings (SSSR count). The van der Waals surface area contributed by atoms with Gasteiger partial charge in [-0.3, -0.25) is 4.79 Å². The number of hydrogen-bond donors (Lipinski definition) is 2. The molecule has 2 N–H and O–H groups in total. The second kappa shape index (κ2) is 5.15. The van der Waals surface area contributed by atoms with Crippen LogP contribution in [0.1, 0.15) is 19.3 Å². The number of aromatic nitrogens is 4. The van der Waals surface area contributed by atoms with Crippen LogP contribution in [0.2, 0.25) is 0 Å². The Balaban J connectivity index is 1.50. The first-order chi connectivity index (χ1) is 11.8. The maximum Gasteiger partial charge on any atom is 0.225 e. The number of fused-ring (bicyclic) bond motifs is 3. The summed E-state index contributed by atoms with van der Waals surface area (Å²) in [6, 6.07) is 2.42. The molecule has 1 aliphatic carbocycles. The quantitative estimate of drug-likeness (QED) is 0.765. The van der Waals surface area contributed by atoms with Crippen molar-refractivity contribution in [1.29, 1.82) is 0 Å². The minimum Gasteiger partial charge on any atom is -0.355 e. The molecule has 2 fully saturated rings. The second-order valence-electron chi connectivity index (χ2n) is 6.67. The number of aromatic amines is 1. The summed E-state index contributed by atoms with van der Waals surface area (Å²) in [5.74, 6) is 1.12. The number of nitrogens with zero attached hydrogens (tertiary/aromatic N) is 4. The van der Waals surface area contributed by atoms with Crippen molar-refractivity contribution in [3.63, 3.8) is 0 Å². The highest BCUT2D eigenvalue weighted by molar-refractivity contribution is 6.09. The van der Waals surface area contributed by atoms with Crippen LogP contribution in [-0.2, 0) is 4.79 Å². The molecular formula is C17H18N6O. The smallest absolute Gasteiger partial charge is 0.225 e. The Morgan fingerprint density at radius 2 is 2.17 bits per heavy atom. The van der Waals surface area contributed by atoms with E-state index in [1.165, 1.54) is 0 Å². The van der Waals surface area contributed by atoms with Gasteiger partial charge in [-0.15, -0.1) is 0 Å². The summed E-state index contributed by atoms with van der Waals surface area (Å²) in [7, 11) is 0. The molecule has 1 aliphatic heterocycles. The van der Waals surface area contributed by atoms with Crippen molar-refractivity contribution < 1.29 is 4.79 Å². The van der Waals surface area contributed by atoms with Crippen molar-refractivity contribution in [3.8, 4) is 0 Å². The Hall–Kier alpha value is -2.70. The molecule has 0 aromatic carbocycles. The molecule has 1 atom stereocenters. The summed E-state index contributed by atoms with van der Waals surface area (Å²) in [5, 5.41) is 5.15. The van der Waals surface area contributed by atoms with Gasteiger partial charge in [0.05, 0.1) is 23.0 Å². The van der Waals surface area contributed by atoms with Crippen LogP contribution in [0.15, 0.2) is 24.8 Å². The summed E-state index contributed by atoms with van der Waals surface area (Å²) in [5.41, 5.74) is 1.67. The predicted octanol–water partition coefficient (Wildman–Crippen LogP) is 1.61. The molecule has 3 aromatic rings. The first-order valence-electron chi connectivity index (χ1n) is 8.42. The number of hydrogen-bond acceptors (Lipinski definition) is 5. The molecule has 122 valence electrons. The highest BCUT2D eigenvalue weighted by atomic mass is 16.2. The number of pyridine rings is 1. The van der Waals surface area contributed by atoms with E-state index in [2.05, 4.69) is 30.2 Å². The Kier molecular flexibility index (Phi) is 2.95. The van der Waals surface area contributed by atoms with Crippen molar-refractivity contribution in [3.05, 3.63) is 24.8 Å². The molecule has 7 nitrogen and oxygen atoms in total. The van der Waals surface area contributed by atoms with Crippen molar-refractivity contribution in [2.45, 2.75) is 25.3 Å². The van der Waals surface area contributed by atoms with Gasteiger partial charge in [-0.05, 0) is 25.3 Å². The number of anilines is 1. The van der Waals surface area contributed by atoms with Gasteiger partial charge in [0.2, 0.25) is 5.91 Å². The normalized spacial score (nSPS) is 20.8. The fourth-order valence-corrected chi connectivity index (χ4v) is 3.49. The van der Waals surface area contributed by atoms with Crippen molar-refractivity contribution in [2.75, 3.05) is 18.0 Å². The standard InChI is InChI=1S/C17H18N6O/c24-17(22-11-1-2-11)10-4-6-23(8-10)16-14-12-3-5-18-15(12)19-7-13(14)20-9-21-16/h3,5,7,9-11H,1-2,4,6,8H2,(H,18,19)(H,22,24). The lowest BCUT2D eigenvalue weighted by Crippen LogP contribution is -2.34. The minimum absolute atomic E-state index is 0.0409. The van der Waals surface area contributed by atoms with Gasteiger partial charge in [0.15, 0.2) is 0 Å². The van der Waals surface area contributed by atoms with E-state index in [1.807, 2.05) is 12.3 Å². The van der Waals surface area contributed by atoms with Gasteiger partial charge in [0.25, 0.3) is 0 Å². The van der Waals surface area contributed by atoms with Crippen LogP contribution in [0.5, 0.6) is 0 Å². The molecule has 1 amide bonds. The minimum atomic E-state index is 0.0409. The van der Waals surface area contributed by atoms with Crippen molar-refractivity contribution in [1.82, 2.24) is 25.3 Å². The Morgan fingerprint density at radius 1 is 1.25 bits per heavy atom. The first-order valence-corrected chi connectivity index (χ1v) is 8.42. The highest BCUT2D eigenvalue weighted by Crippen LogP contribution is 2.32. The third-order valence-electron chi connectivity index (χ3n) is 4.95. The summed E-state index contributed by atoms with van der Waals surface area (Å²) < 4.78 is 0. The third-order valence-corrected chi connectivity index (χ3v) is 4.95. The maximum absolute atomic E-state index is 12.3. The molecule has 0 radical (unpaired) electrons. The van der Waals surface area contributed by atoms with E-state index in [0.29, 0.717) is 12.6 Å². The summed E-state index contributed by atoms with van der Waals surface area (Å²) in [6.07, 6.45) is 8.34. The average molecular weight is 322 g/mol. The molecule has 1 saturated heterocycles. The van der Waals surface area contributed by atoms with Crippen LogP contribution in [0.3, 0.4) is 0 Å². The number of H-pyrrole nitrogens is 1. The summed E-state index contributed by atoms with van der Waals surface area (Å²) in [6.45, 7) is 1.54. The lowest BCUT2D eigenvalue weighted by molar-refractivity contribution is -0.124. The van der Waals surface area contributed by atoms with Gasteiger partial charge < -0.3 is 15.2 Å².